The molecular formula is C21H29N5. The van der Waals surface area contributed by atoms with E-state index in [1.807, 2.05) is 19.1 Å². The minimum absolute atomic E-state index is 0.544. The third kappa shape index (κ3) is 4.99. The lowest BCUT2D eigenvalue weighted by molar-refractivity contribution is 0.411. The van der Waals surface area contributed by atoms with Crippen molar-refractivity contribution < 1.29 is 0 Å². The van der Waals surface area contributed by atoms with Gasteiger partial charge in [-0.15, -0.1) is 0 Å². The van der Waals surface area contributed by atoms with Gasteiger partial charge < -0.3 is 21.3 Å². The Kier molecular flexibility index (Phi) is 6.50. The quantitative estimate of drug-likeness (QED) is 0.593. The number of hydrogen-bond donors (Lipinski definition) is 4. The van der Waals surface area contributed by atoms with Crippen molar-refractivity contribution in [2.45, 2.75) is 25.8 Å². The van der Waals surface area contributed by atoms with Crippen molar-refractivity contribution in [3.05, 3.63) is 71.9 Å². The minimum atomic E-state index is 0.544. The number of hydrogen-bond acceptors (Lipinski definition) is 5. The van der Waals surface area contributed by atoms with Gasteiger partial charge in [0.1, 0.15) is 0 Å². The summed E-state index contributed by atoms with van der Waals surface area (Å²) in [6.45, 7) is 9.80. The minimum Gasteiger partial charge on any atom is -0.386 e. The molecule has 3 aliphatic rings. The SMILES string of the molecule is C=C1C=CC(CNC2=CNCC=C2NC2CCNCC2)=CC1=N/C=C\C. The zero-order chi connectivity index (χ0) is 18.2. The fourth-order valence-electron chi connectivity index (χ4n) is 3.17. The second-order valence-corrected chi connectivity index (χ2v) is 6.68. The van der Waals surface area contributed by atoms with Crippen molar-refractivity contribution in [1.82, 2.24) is 21.3 Å². The Labute approximate surface area is 156 Å². The van der Waals surface area contributed by atoms with E-state index in [0.29, 0.717) is 6.04 Å². The summed E-state index contributed by atoms with van der Waals surface area (Å²) in [4.78, 5) is 4.44. The molecule has 0 spiro atoms. The summed E-state index contributed by atoms with van der Waals surface area (Å²) < 4.78 is 0. The molecule has 26 heavy (non-hydrogen) atoms. The average molecular weight is 351 g/mol. The molecular weight excluding hydrogens is 322 g/mol. The molecule has 0 aromatic heterocycles. The van der Waals surface area contributed by atoms with Crippen LogP contribution in [-0.4, -0.2) is 37.9 Å². The van der Waals surface area contributed by atoms with E-state index < -0.39 is 0 Å². The fraction of sp³-hybridized carbons (Fsp3) is 0.381. The van der Waals surface area contributed by atoms with Crippen LogP contribution >= 0.6 is 0 Å². The molecule has 2 aliphatic heterocycles. The fourth-order valence-corrected chi connectivity index (χ4v) is 3.17. The first-order chi connectivity index (χ1) is 12.8. The Hall–Kier alpha value is -2.53. The first-order valence-electron chi connectivity index (χ1n) is 9.38. The molecule has 1 aliphatic carbocycles. The van der Waals surface area contributed by atoms with Crippen LogP contribution in [-0.2, 0) is 0 Å². The van der Waals surface area contributed by atoms with Crippen LogP contribution in [0.15, 0.2) is 76.9 Å². The largest absolute Gasteiger partial charge is 0.386 e. The second kappa shape index (κ2) is 9.25. The number of piperidine rings is 1. The van der Waals surface area contributed by atoms with Gasteiger partial charge in [-0.05, 0) is 56.2 Å². The van der Waals surface area contributed by atoms with Gasteiger partial charge in [0, 0.05) is 31.5 Å². The van der Waals surface area contributed by atoms with E-state index in [2.05, 4.69) is 57.3 Å². The Bertz CT molecular complexity index is 700. The third-order valence-corrected chi connectivity index (χ3v) is 4.65. The molecule has 2 heterocycles. The second-order valence-electron chi connectivity index (χ2n) is 6.68. The van der Waals surface area contributed by atoms with E-state index in [4.69, 9.17) is 0 Å². The van der Waals surface area contributed by atoms with Crippen molar-refractivity contribution in [2.75, 3.05) is 26.2 Å². The lowest BCUT2D eigenvalue weighted by Gasteiger charge is -2.29. The smallest absolute Gasteiger partial charge is 0.0735 e. The molecule has 1 fully saturated rings. The van der Waals surface area contributed by atoms with Crippen LogP contribution in [0.25, 0.3) is 0 Å². The van der Waals surface area contributed by atoms with Gasteiger partial charge in [0.15, 0.2) is 0 Å². The molecule has 1 saturated heterocycles. The summed E-state index contributed by atoms with van der Waals surface area (Å²) in [7, 11) is 0. The number of rotatable bonds is 6. The van der Waals surface area contributed by atoms with Gasteiger partial charge in [0.2, 0.25) is 0 Å². The predicted octanol–water partition coefficient (Wildman–Crippen LogP) is 2.27. The number of nitrogens with one attached hydrogen (secondary N) is 4. The first kappa shape index (κ1) is 18.3. The highest BCUT2D eigenvalue weighted by molar-refractivity contribution is 6.12. The van der Waals surface area contributed by atoms with Crippen LogP contribution < -0.4 is 21.3 Å². The van der Waals surface area contributed by atoms with Crippen molar-refractivity contribution in [2.24, 2.45) is 4.99 Å². The third-order valence-electron chi connectivity index (χ3n) is 4.65. The van der Waals surface area contributed by atoms with Crippen LogP contribution in [0.3, 0.4) is 0 Å². The summed E-state index contributed by atoms with van der Waals surface area (Å²) in [5, 5.41) is 14.0. The van der Waals surface area contributed by atoms with Crippen LogP contribution in [0.5, 0.6) is 0 Å². The van der Waals surface area contributed by atoms with Crippen LogP contribution in [0.4, 0.5) is 0 Å². The maximum Gasteiger partial charge on any atom is 0.0735 e. The molecule has 0 saturated carbocycles. The van der Waals surface area contributed by atoms with E-state index in [0.717, 1.165) is 43.2 Å². The van der Waals surface area contributed by atoms with Gasteiger partial charge in [-0.3, -0.25) is 4.99 Å². The number of allylic oxidation sites excluding steroid dienone is 4. The summed E-state index contributed by atoms with van der Waals surface area (Å²) in [6, 6.07) is 0.544. The van der Waals surface area contributed by atoms with E-state index in [9.17, 15) is 0 Å². The first-order valence-corrected chi connectivity index (χ1v) is 9.38. The number of aliphatic imine (C=N–C) groups is 1. The summed E-state index contributed by atoms with van der Waals surface area (Å²) in [5.74, 6) is 0. The highest BCUT2D eigenvalue weighted by atomic mass is 15.0. The van der Waals surface area contributed by atoms with Crippen molar-refractivity contribution in [3.63, 3.8) is 0 Å². The van der Waals surface area contributed by atoms with Gasteiger partial charge in [-0.2, -0.15) is 0 Å². The maximum absolute atomic E-state index is 4.44. The molecule has 0 aromatic rings. The van der Waals surface area contributed by atoms with Gasteiger partial charge in [0.05, 0.1) is 17.1 Å². The molecule has 0 bridgehead atoms. The standard InChI is InChI=1S/C21H29N5/c1-3-9-24-20-13-17(5-4-16(20)2)14-25-21-15-23-12-8-19(21)26-18-6-10-22-11-7-18/h3-5,8-9,13,15,18,22-23,25-26H,2,6-7,10-12,14H2,1H3/b9-3-,24-20?. The zero-order valence-corrected chi connectivity index (χ0v) is 15.5. The number of nitrogens with zero attached hydrogens (tertiary/aromatic N) is 1. The van der Waals surface area contributed by atoms with Crippen LogP contribution in [0, 0.1) is 0 Å². The van der Waals surface area contributed by atoms with E-state index in [-0.39, 0.29) is 0 Å². The highest BCUT2D eigenvalue weighted by Crippen LogP contribution is 2.15. The number of dihydropyridines is 1. The highest BCUT2D eigenvalue weighted by Gasteiger charge is 2.17. The molecule has 4 N–H and O–H groups in total. The van der Waals surface area contributed by atoms with Gasteiger partial charge >= 0.3 is 0 Å². The van der Waals surface area contributed by atoms with Crippen LogP contribution in [0.2, 0.25) is 0 Å². The van der Waals surface area contributed by atoms with Gasteiger partial charge in [-0.25, -0.2) is 0 Å². The van der Waals surface area contributed by atoms with Crippen LogP contribution in [0.1, 0.15) is 19.8 Å². The molecule has 0 amide bonds. The maximum atomic E-state index is 4.44. The molecule has 0 unspecified atom stereocenters. The average Bonchev–Trinajstić information content (AvgIpc) is 2.68. The summed E-state index contributed by atoms with van der Waals surface area (Å²) >= 11 is 0. The molecule has 0 aromatic carbocycles. The Balaban J connectivity index is 1.60. The van der Waals surface area contributed by atoms with Gasteiger partial charge in [0.25, 0.3) is 0 Å². The topological polar surface area (TPSA) is 60.5 Å². The Morgan fingerprint density at radius 3 is 2.92 bits per heavy atom. The zero-order valence-electron chi connectivity index (χ0n) is 15.5. The monoisotopic (exact) mass is 351 g/mol. The van der Waals surface area contributed by atoms with Gasteiger partial charge in [-0.1, -0.05) is 24.8 Å². The van der Waals surface area contributed by atoms with Crippen molar-refractivity contribution in [3.8, 4) is 0 Å². The van der Waals surface area contributed by atoms with E-state index in [1.54, 1.807) is 6.20 Å². The summed E-state index contributed by atoms with van der Waals surface area (Å²) in [6.07, 6.45) is 16.6. The molecule has 3 rings (SSSR count). The Morgan fingerprint density at radius 1 is 1.27 bits per heavy atom. The van der Waals surface area contributed by atoms with Crippen molar-refractivity contribution >= 4 is 5.71 Å². The van der Waals surface area contributed by atoms with E-state index in [1.165, 1.54) is 24.1 Å². The lowest BCUT2D eigenvalue weighted by Crippen LogP contribution is -2.42. The molecule has 0 atom stereocenters. The molecule has 138 valence electrons. The summed E-state index contributed by atoms with van der Waals surface area (Å²) in [5.41, 5.74) is 5.36. The molecule has 5 nitrogen and oxygen atoms in total. The molecule has 0 radical (unpaired) electrons. The van der Waals surface area contributed by atoms with E-state index >= 15 is 0 Å². The lowest BCUT2D eigenvalue weighted by atomic mass is 10.0. The predicted molar refractivity (Wildman–Crippen MR) is 110 cm³/mol. The normalized spacial score (nSPS) is 22.7. The molecule has 5 heteroatoms. The van der Waals surface area contributed by atoms with Crippen molar-refractivity contribution in [1.29, 1.82) is 0 Å². The Morgan fingerprint density at radius 2 is 2.12 bits per heavy atom.